The molecule has 68 valence electrons. The third kappa shape index (κ3) is 1.81. The van der Waals surface area contributed by atoms with Crippen molar-refractivity contribution in [1.29, 1.82) is 0 Å². The van der Waals surface area contributed by atoms with Gasteiger partial charge in [0.15, 0.2) is 0 Å². The summed E-state index contributed by atoms with van der Waals surface area (Å²) in [5.74, 6) is 2.01. The summed E-state index contributed by atoms with van der Waals surface area (Å²) in [7, 11) is 0. The third-order valence-electron chi connectivity index (χ3n) is 2.27. The van der Waals surface area contributed by atoms with Crippen LogP contribution in [0, 0.1) is 0 Å². The van der Waals surface area contributed by atoms with Crippen LogP contribution in [0.2, 0.25) is 0 Å². The molecule has 2 aliphatic rings. The number of piperazine rings is 1. The summed E-state index contributed by atoms with van der Waals surface area (Å²) in [6.07, 6.45) is 2.51. The average molecular weight is 189 g/mol. The molecule has 0 amide bonds. The fraction of sp³-hybridized carbons (Fsp3) is 0.750. The van der Waals surface area contributed by atoms with Crippen LogP contribution < -0.4 is 5.32 Å². The van der Waals surface area contributed by atoms with Gasteiger partial charge in [0, 0.05) is 25.7 Å². The number of hydrogen-bond acceptors (Lipinski definition) is 3. The Morgan fingerprint density at radius 3 is 2.83 bits per heavy atom. The molecular weight excluding hydrogens is 176 g/mol. The Labute approximate surface area is 78.2 Å². The maximum atomic E-state index is 10.5. The molecule has 0 aromatic heterocycles. The Balaban J connectivity index is 0.000000720. The Hall–Kier alpha value is -0.500. The van der Waals surface area contributed by atoms with Crippen molar-refractivity contribution in [2.45, 2.75) is 18.9 Å². The van der Waals surface area contributed by atoms with E-state index >= 15 is 0 Å². The lowest BCUT2D eigenvalue weighted by Crippen LogP contribution is -2.43. The van der Waals surface area contributed by atoms with E-state index in [0.29, 0.717) is 12.6 Å². The zero-order valence-electron chi connectivity index (χ0n) is 6.88. The molecule has 0 radical (unpaired) electrons. The van der Waals surface area contributed by atoms with E-state index in [1.807, 2.05) is 5.94 Å². The molecule has 3 nitrogen and oxygen atoms in total. The minimum Gasteiger partial charge on any atom is -0.361 e. The second-order valence-electron chi connectivity index (χ2n) is 3.15. The molecule has 2 rings (SSSR count). The molecule has 1 N–H and O–H groups in total. The Morgan fingerprint density at radius 1 is 1.50 bits per heavy atom. The lowest BCUT2D eigenvalue weighted by Gasteiger charge is -2.29. The first kappa shape index (κ1) is 9.59. The van der Waals surface area contributed by atoms with E-state index < -0.39 is 0 Å². The molecule has 0 atom stereocenters. The highest BCUT2D eigenvalue weighted by Crippen LogP contribution is 2.29. The van der Waals surface area contributed by atoms with Crippen molar-refractivity contribution < 1.29 is 4.79 Å². The van der Waals surface area contributed by atoms with Gasteiger partial charge in [0.05, 0.1) is 0 Å². The Morgan fingerprint density at radius 2 is 2.25 bits per heavy atom. The van der Waals surface area contributed by atoms with Crippen molar-refractivity contribution >= 4 is 18.3 Å². The molecular formula is C8H13ClN2O. The summed E-state index contributed by atoms with van der Waals surface area (Å²) >= 11 is 0. The number of rotatable bonds is 1. The lowest BCUT2D eigenvalue weighted by molar-refractivity contribution is 0.294. The molecule has 1 saturated heterocycles. The van der Waals surface area contributed by atoms with Gasteiger partial charge in [-0.05, 0) is 12.8 Å². The zero-order valence-corrected chi connectivity index (χ0v) is 7.69. The highest BCUT2D eigenvalue weighted by molar-refractivity contribution is 5.85. The van der Waals surface area contributed by atoms with Crippen LogP contribution in [0.15, 0.2) is 5.70 Å². The number of nitrogens with zero attached hydrogens (tertiary/aromatic N) is 1. The van der Waals surface area contributed by atoms with Crippen LogP contribution in [0.1, 0.15) is 12.8 Å². The van der Waals surface area contributed by atoms with Crippen molar-refractivity contribution in [3.63, 3.8) is 0 Å². The van der Waals surface area contributed by atoms with Crippen LogP contribution in [-0.4, -0.2) is 36.5 Å². The number of nitrogens with one attached hydrogen (secondary N) is 1. The van der Waals surface area contributed by atoms with Crippen LogP contribution in [0.3, 0.4) is 0 Å². The summed E-state index contributed by atoms with van der Waals surface area (Å²) in [6, 6.07) is 0.661. The van der Waals surface area contributed by atoms with Crippen molar-refractivity contribution in [2.75, 3.05) is 19.6 Å². The van der Waals surface area contributed by atoms with Gasteiger partial charge in [-0.2, -0.15) is 0 Å². The molecule has 1 heterocycles. The van der Waals surface area contributed by atoms with Gasteiger partial charge in [-0.25, -0.2) is 4.79 Å². The van der Waals surface area contributed by atoms with E-state index in [9.17, 15) is 4.79 Å². The van der Waals surface area contributed by atoms with Gasteiger partial charge in [-0.3, -0.25) is 0 Å². The smallest absolute Gasteiger partial charge is 0.147 e. The molecule has 0 aromatic carbocycles. The summed E-state index contributed by atoms with van der Waals surface area (Å²) in [5.41, 5.74) is 0.818. The monoisotopic (exact) mass is 188 g/mol. The first-order valence-electron chi connectivity index (χ1n) is 4.13. The molecule has 12 heavy (non-hydrogen) atoms. The van der Waals surface area contributed by atoms with E-state index in [4.69, 9.17) is 0 Å². The van der Waals surface area contributed by atoms with Crippen LogP contribution >= 0.6 is 12.4 Å². The maximum Gasteiger partial charge on any atom is 0.147 e. The van der Waals surface area contributed by atoms with Crippen molar-refractivity contribution in [3.05, 3.63) is 5.70 Å². The minimum atomic E-state index is 0. The van der Waals surface area contributed by atoms with Crippen molar-refractivity contribution in [3.8, 4) is 0 Å². The predicted octanol–water partition coefficient (Wildman–Crippen LogP) is 0.191. The molecule has 0 unspecified atom stereocenters. The van der Waals surface area contributed by atoms with Gasteiger partial charge >= 0.3 is 0 Å². The summed E-state index contributed by atoms with van der Waals surface area (Å²) in [5, 5.41) is 3.16. The van der Waals surface area contributed by atoms with Gasteiger partial charge in [0.2, 0.25) is 0 Å². The van der Waals surface area contributed by atoms with Gasteiger partial charge in [-0.15, -0.1) is 12.4 Å². The van der Waals surface area contributed by atoms with E-state index in [1.165, 1.54) is 12.8 Å². The molecule has 0 aromatic rings. The van der Waals surface area contributed by atoms with E-state index in [-0.39, 0.29) is 12.4 Å². The standard InChI is InChI=1S/C8H12N2O.ClH/c11-6-8-5-9-3-4-10(8)7-1-2-7;/h7,9H,1-5H2;1H. The van der Waals surface area contributed by atoms with Gasteiger partial charge in [0.25, 0.3) is 0 Å². The molecule has 1 aliphatic carbocycles. The van der Waals surface area contributed by atoms with Crippen LogP contribution in [-0.2, 0) is 4.79 Å². The van der Waals surface area contributed by atoms with E-state index in [0.717, 1.165) is 18.8 Å². The summed E-state index contributed by atoms with van der Waals surface area (Å²) in [4.78, 5) is 12.7. The number of halogens is 1. The number of carbonyl (C=O) groups excluding carboxylic acids is 1. The summed E-state index contributed by atoms with van der Waals surface area (Å²) < 4.78 is 0. The zero-order chi connectivity index (χ0) is 7.68. The third-order valence-corrected chi connectivity index (χ3v) is 2.27. The van der Waals surface area contributed by atoms with Gasteiger partial charge < -0.3 is 10.2 Å². The fourth-order valence-corrected chi connectivity index (χ4v) is 1.53. The maximum absolute atomic E-state index is 10.5. The SMILES string of the molecule is Cl.O=C=C1CNCCN1C1CC1. The normalized spacial score (nSPS) is 23.0. The molecule has 0 bridgehead atoms. The van der Waals surface area contributed by atoms with Crippen LogP contribution in [0.5, 0.6) is 0 Å². The van der Waals surface area contributed by atoms with Crippen LogP contribution in [0.25, 0.3) is 0 Å². The Kier molecular flexibility index (Phi) is 3.15. The first-order chi connectivity index (χ1) is 5.42. The highest BCUT2D eigenvalue weighted by atomic mass is 35.5. The molecule has 1 aliphatic heterocycles. The van der Waals surface area contributed by atoms with E-state index in [2.05, 4.69) is 10.2 Å². The predicted molar refractivity (Wildman–Crippen MR) is 49.1 cm³/mol. The first-order valence-corrected chi connectivity index (χ1v) is 4.13. The second kappa shape index (κ2) is 3.94. The summed E-state index contributed by atoms with van der Waals surface area (Å²) in [6.45, 7) is 2.69. The topological polar surface area (TPSA) is 32.3 Å². The lowest BCUT2D eigenvalue weighted by atomic mass is 10.3. The van der Waals surface area contributed by atoms with Crippen molar-refractivity contribution in [2.24, 2.45) is 0 Å². The molecule has 0 spiro atoms. The number of hydrogen-bond donors (Lipinski definition) is 1. The fourth-order valence-electron chi connectivity index (χ4n) is 1.53. The Bertz CT molecular complexity index is 209. The average Bonchev–Trinajstić information content (AvgIpc) is 2.87. The van der Waals surface area contributed by atoms with E-state index in [1.54, 1.807) is 0 Å². The molecule has 2 fully saturated rings. The van der Waals surface area contributed by atoms with Crippen molar-refractivity contribution in [1.82, 2.24) is 10.2 Å². The highest BCUT2D eigenvalue weighted by Gasteiger charge is 2.31. The minimum absolute atomic E-state index is 0. The largest absolute Gasteiger partial charge is 0.361 e. The van der Waals surface area contributed by atoms with Gasteiger partial charge in [-0.1, -0.05) is 0 Å². The quantitative estimate of drug-likeness (QED) is 0.597. The van der Waals surface area contributed by atoms with Crippen LogP contribution in [0.4, 0.5) is 0 Å². The van der Waals surface area contributed by atoms with Gasteiger partial charge in [0.1, 0.15) is 11.6 Å². The molecule has 4 heteroatoms. The molecule has 1 saturated carbocycles. The second-order valence-corrected chi connectivity index (χ2v) is 3.15.